The van der Waals surface area contributed by atoms with Crippen LogP contribution in [0.25, 0.3) is 10.2 Å². The van der Waals surface area contributed by atoms with Gasteiger partial charge in [0.2, 0.25) is 0 Å². The molecule has 2 aromatic heterocycles. The highest BCUT2D eigenvalue weighted by Gasteiger charge is 2.19. The van der Waals surface area contributed by atoms with Gasteiger partial charge in [0.15, 0.2) is 0 Å². The topological polar surface area (TPSA) is 49.8 Å². The summed E-state index contributed by atoms with van der Waals surface area (Å²) in [4.78, 5) is 11.1. The number of hydrogen-bond acceptors (Lipinski definition) is 5. The molecule has 0 spiro atoms. The molecule has 1 aliphatic rings. The molecule has 3 heterocycles. The number of rotatable bonds is 2. The first-order valence-electron chi connectivity index (χ1n) is 7.21. The van der Waals surface area contributed by atoms with Crippen LogP contribution < -0.4 is 10.6 Å². The first-order chi connectivity index (χ1) is 10.7. The van der Waals surface area contributed by atoms with Crippen molar-refractivity contribution in [3.05, 3.63) is 46.3 Å². The van der Waals surface area contributed by atoms with E-state index in [0.29, 0.717) is 5.56 Å². The number of hydrogen-bond donors (Lipinski definition) is 2. The summed E-state index contributed by atoms with van der Waals surface area (Å²) in [5.74, 6) is 0.604. The summed E-state index contributed by atoms with van der Waals surface area (Å²) in [6.07, 6.45) is 2.57. The van der Waals surface area contributed by atoms with E-state index >= 15 is 0 Å². The van der Waals surface area contributed by atoms with Crippen molar-refractivity contribution >= 4 is 33.1 Å². The molecule has 6 heteroatoms. The Labute approximate surface area is 131 Å². The van der Waals surface area contributed by atoms with Crippen molar-refractivity contribution in [1.29, 1.82) is 0 Å². The summed E-state index contributed by atoms with van der Waals surface area (Å²) >= 11 is 1.72. The third kappa shape index (κ3) is 2.24. The summed E-state index contributed by atoms with van der Waals surface area (Å²) in [7, 11) is 0. The molecule has 0 atom stereocenters. The second kappa shape index (κ2) is 5.30. The van der Waals surface area contributed by atoms with Gasteiger partial charge in [0.1, 0.15) is 22.8 Å². The highest BCUT2D eigenvalue weighted by molar-refractivity contribution is 7.19. The molecule has 4 nitrogen and oxygen atoms in total. The molecule has 0 radical (unpaired) electrons. The fourth-order valence-electron chi connectivity index (χ4n) is 2.81. The van der Waals surface area contributed by atoms with Crippen LogP contribution in [0.1, 0.15) is 16.0 Å². The lowest BCUT2D eigenvalue weighted by Gasteiger charge is -2.14. The number of halogens is 1. The monoisotopic (exact) mass is 314 g/mol. The van der Waals surface area contributed by atoms with Gasteiger partial charge in [-0.2, -0.15) is 0 Å². The molecule has 1 aromatic carbocycles. The van der Waals surface area contributed by atoms with E-state index in [1.807, 2.05) is 0 Å². The second-order valence-electron chi connectivity index (χ2n) is 5.42. The average Bonchev–Trinajstić information content (AvgIpc) is 2.90. The highest BCUT2D eigenvalue weighted by atomic mass is 32.1. The number of benzene rings is 1. The standard InChI is InChI=1S/C16H15FN4S/c1-9-6-10(2-3-12(9)17)21-15-14-11-4-5-18-7-13(11)22-16(14)20-8-19-15/h2-3,6,8,18H,4-5,7H2,1H3,(H,19,20,21). The number of nitrogens with zero attached hydrogens (tertiary/aromatic N) is 2. The zero-order valence-electron chi connectivity index (χ0n) is 12.1. The van der Waals surface area contributed by atoms with Crippen LogP contribution in [-0.4, -0.2) is 16.5 Å². The summed E-state index contributed by atoms with van der Waals surface area (Å²) in [6.45, 7) is 3.63. The lowest BCUT2D eigenvalue weighted by atomic mass is 10.1. The Hall–Kier alpha value is -2.05. The van der Waals surface area contributed by atoms with Gasteiger partial charge >= 0.3 is 0 Å². The summed E-state index contributed by atoms with van der Waals surface area (Å²) in [6, 6.07) is 5.00. The van der Waals surface area contributed by atoms with E-state index in [1.54, 1.807) is 36.7 Å². The van der Waals surface area contributed by atoms with Crippen LogP contribution >= 0.6 is 11.3 Å². The maximum Gasteiger partial charge on any atom is 0.142 e. The molecular formula is C16H15FN4S. The summed E-state index contributed by atoms with van der Waals surface area (Å²) in [5, 5.41) is 7.81. The van der Waals surface area contributed by atoms with Gasteiger partial charge in [0.05, 0.1) is 5.39 Å². The maximum absolute atomic E-state index is 13.4. The van der Waals surface area contributed by atoms with Crippen LogP contribution in [0.2, 0.25) is 0 Å². The first-order valence-corrected chi connectivity index (χ1v) is 8.03. The largest absolute Gasteiger partial charge is 0.340 e. The fraction of sp³-hybridized carbons (Fsp3) is 0.250. The van der Waals surface area contributed by atoms with Gasteiger partial charge in [-0.3, -0.25) is 0 Å². The van der Waals surface area contributed by atoms with Crippen LogP contribution in [0.15, 0.2) is 24.5 Å². The smallest absolute Gasteiger partial charge is 0.142 e. The number of thiophene rings is 1. The van der Waals surface area contributed by atoms with E-state index in [0.717, 1.165) is 41.2 Å². The Bertz CT molecular complexity index is 859. The van der Waals surface area contributed by atoms with Crippen LogP contribution in [0.5, 0.6) is 0 Å². The van der Waals surface area contributed by atoms with Gasteiger partial charge in [-0.25, -0.2) is 14.4 Å². The molecule has 2 N–H and O–H groups in total. The van der Waals surface area contributed by atoms with Crippen molar-refractivity contribution in [3.8, 4) is 0 Å². The minimum atomic E-state index is -0.197. The Balaban J connectivity index is 1.81. The van der Waals surface area contributed by atoms with Crippen molar-refractivity contribution in [1.82, 2.24) is 15.3 Å². The lowest BCUT2D eigenvalue weighted by Crippen LogP contribution is -2.22. The van der Waals surface area contributed by atoms with E-state index in [4.69, 9.17) is 0 Å². The first kappa shape index (κ1) is 13.6. The molecule has 112 valence electrons. The Kier molecular flexibility index (Phi) is 3.28. The number of nitrogens with one attached hydrogen (secondary N) is 2. The third-order valence-electron chi connectivity index (χ3n) is 3.93. The molecular weight excluding hydrogens is 299 g/mol. The van der Waals surface area contributed by atoms with E-state index in [9.17, 15) is 4.39 Å². The quantitative estimate of drug-likeness (QED) is 0.760. The SMILES string of the molecule is Cc1cc(Nc2ncnc3sc4c(c23)CCNC4)ccc1F. The van der Waals surface area contributed by atoms with Crippen LogP contribution in [-0.2, 0) is 13.0 Å². The van der Waals surface area contributed by atoms with Crippen molar-refractivity contribution in [3.63, 3.8) is 0 Å². The minimum Gasteiger partial charge on any atom is -0.340 e. The molecule has 0 unspecified atom stereocenters. The number of fused-ring (bicyclic) bond motifs is 3. The molecule has 0 amide bonds. The van der Waals surface area contributed by atoms with Gasteiger partial charge in [-0.05, 0) is 49.2 Å². The lowest BCUT2D eigenvalue weighted by molar-refractivity contribution is 0.619. The normalized spacial score (nSPS) is 14.1. The Morgan fingerprint density at radius 3 is 3.09 bits per heavy atom. The molecule has 22 heavy (non-hydrogen) atoms. The molecule has 3 aromatic rings. The Morgan fingerprint density at radius 1 is 1.32 bits per heavy atom. The molecule has 0 saturated carbocycles. The van der Waals surface area contributed by atoms with Gasteiger partial charge in [-0.15, -0.1) is 11.3 Å². The summed E-state index contributed by atoms with van der Waals surface area (Å²) in [5.41, 5.74) is 2.79. The number of aryl methyl sites for hydroxylation is 1. The Morgan fingerprint density at radius 2 is 2.23 bits per heavy atom. The van der Waals surface area contributed by atoms with E-state index < -0.39 is 0 Å². The van der Waals surface area contributed by atoms with Crippen LogP contribution in [0.3, 0.4) is 0 Å². The predicted molar refractivity (Wildman–Crippen MR) is 87.2 cm³/mol. The predicted octanol–water partition coefficient (Wildman–Crippen LogP) is 3.53. The molecule has 4 rings (SSSR count). The van der Waals surface area contributed by atoms with Gasteiger partial charge < -0.3 is 10.6 Å². The minimum absolute atomic E-state index is 0.197. The molecule has 1 aliphatic heterocycles. The van der Waals surface area contributed by atoms with Crippen LogP contribution in [0, 0.1) is 12.7 Å². The van der Waals surface area contributed by atoms with Crippen molar-refractivity contribution < 1.29 is 4.39 Å². The van der Waals surface area contributed by atoms with E-state index in [1.165, 1.54) is 16.5 Å². The molecule has 0 bridgehead atoms. The number of anilines is 2. The zero-order chi connectivity index (χ0) is 15.1. The average molecular weight is 314 g/mol. The number of aromatic nitrogens is 2. The highest BCUT2D eigenvalue weighted by Crippen LogP contribution is 2.36. The van der Waals surface area contributed by atoms with Crippen molar-refractivity contribution in [2.75, 3.05) is 11.9 Å². The van der Waals surface area contributed by atoms with E-state index in [2.05, 4.69) is 20.6 Å². The zero-order valence-corrected chi connectivity index (χ0v) is 12.9. The van der Waals surface area contributed by atoms with Gasteiger partial charge in [0, 0.05) is 17.1 Å². The maximum atomic E-state index is 13.4. The van der Waals surface area contributed by atoms with Crippen molar-refractivity contribution in [2.45, 2.75) is 19.9 Å². The fourth-order valence-corrected chi connectivity index (χ4v) is 3.97. The van der Waals surface area contributed by atoms with Crippen molar-refractivity contribution in [2.24, 2.45) is 0 Å². The van der Waals surface area contributed by atoms with Gasteiger partial charge in [0.25, 0.3) is 0 Å². The molecule has 0 aliphatic carbocycles. The van der Waals surface area contributed by atoms with E-state index in [-0.39, 0.29) is 5.82 Å². The molecule has 0 fully saturated rings. The second-order valence-corrected chi connectivity index (χ2v) is 6.51. The van der Waals surface area contributed by atoms with Crippen LogP contribution in [0.4, 0.5) is 15.9 Å². The summed E-state index contributed by atoms with van der Waals surface area (Å²) < 4.78 is 13.4. The third-order valence-corrected chi connectivity index (χ3v) is 5.07. The molecule has 0 saturated heterocycles. The van der Waals surface area contributed by atoms with Gasteiger partial charge in [-0.1, -0.05) is 0 Å².